The van der Waals surface area contributed by atoms with Gasteiger partial charge in [-0.05, 0) is 26.7 Å². The number of carbonyl (C=O) groups is 1. The van der Waals surface area contributed by atoms with E-state index in [0.717, 1.165) is 37.5 Å². The van der Waals surface area contributed by atoms with E-state index in [1.165, 1.54) is 16.2 Å². The number of hydrogen-bond acceptors (Lipinski definition) is 5. The van der Waals surface area contributed by atoms with E-state index in [-0.39, 0.29) is 5.91 Å². The highest BCUT2D eigenvalue weighted by Gasteiger charge is 2.27. The van der Waals surface area contributed by atoms with Gasteiger partial charge in [-0.3, -0.25) is 9.20 Å². The third kappa shape index (κ3) is 3.08. The smallest absolute Gasteiger partial charge is 0.223 e. The normalized spacial score (nSPS) is 16.0. The standard InChI is InChI=1S/C18H22N4O2S/c1-12-11-25-18-17(20-13(2)22(12)18)14-6-9-21(10-7-14)16(23)4-3-15-5-8-19-24-15/h5,8,11,14H,3-4,6-7,9-10H2,1-2H3. The van der Waals surface area contributed by atoms with E-state index in [0.29, 0.717) is 18.8 Å². The van der Waals surface area contributed by atoms with Gasteiger partial charge in [0.1, 0.15) is 16.4 Å². The van der Waals surface area contributed by atoms with E-state index in [1.807, 2.05) is 11.0 Å². The van der Waals surface area contributed by atoms with Crippen LogP contribution in [0.25, 0.3) is 4.83 Å². The quantitative estimate of drug-likeness (QED) is 0.717. The Hall–Kier alpha value is -2.15. The number of amides is 1. The molecule has 1 fully saturated rings. The Bertz CT molecular complexity index is 873. The summed E-state index contributed by atoms with van der Waals surface area (Å²) in [4.78, 5) is 20.5. The molecule has 1 aliphatic rings. The predicted molar refractivity (Wildman–Crippen MR) is 95.9 cm³/mol. The minimum atomic E-state index is 0.202. The number of aryl methyl sites for hydroxylation is 3. The maximum absolute atomic E-state index is 12.4. The van der Waals surface area contributed by atoms with Gasteiger partial charge < -0.3 is 9.42 Å². The molecule has 4 heterocycles. The molecule has 25 heavy (non-hydrogen) atoms. The summed E-state index contributed by atoms with van der Waals surface area (Å²) in [6, 6.07) is 1.81. The predicted octanol–water partition coefficient (Wildman–Crippen LogP) is 3.34. The number of nitrogens with zero attached hydrogens (tertiary/aromatic N) is 4. The Kier molecular flexibility index (Phi) is 4.33. The Morgan fingerprint density at radius 1 is 1.36 bits per heavy atom. The van der Waals surface area contributed by atoms with Crippen LogP contribution in [-0.4, -0.2) is 38.4 Å². The van der Waals surface area contributed by atoms with Crippen LogP contribution in [0.1, 0.15) is 48.2 Å². The topological polar surface area (TPSA) is 63.6 Å². The number of carbonyl (C=O) groups excluding carboxylic acids is 1. The van der Waals surface area contributed by atoms with E-state index in [2.05, 4.69) is 28.8 Å². The molecule has 0 N–H and O–H groups in total. The molecule has 0 radical (unpaired) electrons. The monoisotopic (exact) mass is 358 g/mol. The van der Waals surface area contributed by atoms with Crippen LogP contribution in [0, 0.1) is 13.8 Å². The molecule has 3 aromatic rings. The van der Waals surface area contributed by atoms with Gasteiger partial charge in [0.25, 0.3) is 0 Å². The van der Waals surface area contributed by atoms with Gasteiger partial charge in [0.2, 0.25) is 5.91 Å². The average Bonchev–Trinajstić information content (AvgIpc) is 3.33. The number of aromatic nitrogens is 3. The summed E-state index contributed by atoms with van der Waals surface area (Å²) >= 11 is 1.77. The Balaban J connectivity index is 1.38. The van der Waals surface area contributed by atoms with Crippen molar-refractivity contribution in [1.82, 2.24) is 19.4 Å². The van der Waals surface area contributed by atoms with Gasteiger partial charge in [0, 0.05) is 49.0 Å². The van der Waals surface area contributed by atoms with Crippen molar-refractivity contribution in [1.29, 1.82) is 0 Å². The van der Waals surface area contributed by atoms with E-state index < -0.39 is 0 Å². The van der Waals surface area contributed by atoms with E-state index >= 15 is 0 Å². The van der Waals surface area contributed by atoms with Crippen LogP contribution < -0.4 is 0 Å². The lowest BCUT2D eigenvalue weighted by Gasteiger charge is -2.31. The SMILES string of the molecule is Cc1csc2c(C3CCN(C(=O)CCc4ccno4)CC3)nc(C)n12. The fourth-order valence-corrected chi connectivity index (χ4v) is 4.79. The van der Waals surface area contributed by atoms with Crippen molar-refractivity contribution >= 4 is 22.1 Å². The molecule has 0 aromatic carbocycles. The van der Waals surface area contributed by atoms with Crippen LogP contribution in [-0.2, 0) is 11.2 Å². The molecule has 0 saturated carbocycles. The van der Waals surface area contributed by atoms with Crippen LogP contribution in [0.5, 0.6) is 0 Å². The van der Waals surface area contributed by atoms with Crippen molar-refractivity contribution in [2.24, 2.45) is 0 Å². The molecule has 6 nitrogen and oxygen atoms in total. The summed E-state index contributed by atoms with van der Waals surface area (Å²) in [5.74, 6) is 2.48. The average molecular weight is 358 g/mol. The number of imidazole rings is 1. The van der Waals surface area contributed by atoms with E-state index in [4.69, 9.17) is 9.51 Å². The van der Waals surface area contributed by atoms with Gasteiger partial charge in [-0.2, -0.15) is 0 Å². The number of likely N-dealkylation sites (tertiary alicyclic amines) is 1. The zero-order valence-corrected chi connectivity index (χ0v) is 15.4. The van der Waals surface area contributed by atoms with Crippen LogP contribution in [0.15, 0.2) is 22.2 Å². The second kappa shape index (κ2) is 6.63. The first-order valence-corrected chi connectivity index (χ1v) is 9.62. The summed E-state index contributed by atoms with van der Waals surface area (Å²) in [5.41, 5.74) is 2.46. The molecule has 0 unspecified atom stereocenters. The van der Waals surface area contributed by atoms with Crippen LogP contribution in [0.2, 0.25) is 0 Å². The molecule has 0 bridgehead atoms. The van der Waals surface area contributed by atoms with E-state index in [1.54, 1.807) is 17.5 Å². The Labute approximate surface area is 150 Å². The van der Waals surface area contributed by atoms with Gasteiger partial charge >= 0.3 is 0 Å². The van der Waals surface area contributed by atoms with Gasteiger partial charge in [0.15, 0.2) is 0 Å². The molecule has 1 saturated heterocycles. The molecule has 0 atom stereocenters. The largest absolute Gasteiger partial charge is 0.361 e. The first kappa shape index (κ1) is 16.3. The fourth-order valence-electron chi connectivity index (χ4n) is 3.68. The summed E-state index contributed by atoms with van der Waals surface area (Å²) < 4.78 is 7.31. The molecule has 1 aliphatic heterocycles. The number of piperidine rings is 1. The zero-order chi connectivity index (χ0) is 17.4. The number of rotatable bonds is 4. The van der Waals surface area contributed by atoms with Crippen molar-refractivity contribution in [2.45, 2.75) is 45.4 Å². The van der Waals surface area contributed by atoms with Gasteiger partial charge in [-0.25, -0.2) is 4.98 Å². The lowest BCUT2D eigenvalue weighted by Crippen LogP contribution is -2.38. The van der Waals surface area contributed by atoms with Crippen LogP contribution in [0.4, 0.5) is 0 Å². The molecule has 0 aliphatic carbocycles. The van der Waals surface area contributed by atoms with Crippen molar-refractivity contribution < 1.29 is 9.32 Å². The molecule has 7 heteroatoms. The van der Waals surface area contributed by atoms with Crippen LogP contribution >= 0.6 is 11.3 Å². The second-order valence-corrected chi connectivity index (χ2v) is 7.55. The number of fused-ring (bicyclic) bond motifs is 1. The van der Waals surface area contributed by atoms with Crippen molar-refractivity contribution in [3.63, 3.8) is 0 Å². The zero-order valence-electron chi connectivity index (χ0n) is 14.6. The molecule has 1 amide bonds. The van der Waals surface area contributed by atoms with Crippen molar-refractivity contribution in [2.75, 3.05) is 13.1 Å². The van der Waals surface area contributed by atoms with Crippen molar-refractivity contribution in [3.8, 4) is 0 Å². The third-order valence-corrected chi connectivity index (χ3v) is 6.11. The Morgan fingerprint density at radius 3 is 2.88 bits per heavy atom. The van der Waals surface area contributed by atoms with Crippen LogP contribution in [0.3, 0.4) is 0 Å². The first-order valence-electron chi connectivity index (χ1n) is 8.74. The number of thiazole rings is 1. The maximum atomic E-state index is 12.4. The third-order valence-electron chi connectivity index (χ3n) is 5.03. The molecular formula is C18H22N4O2S. The molecule has 132 valence electrons. The Morgan fingerprint density at radius 2 is 2.16 bits per heavy atom. The second-order valence-electron chi connectivity index (χ2n) is 6.70. The lowest BCUT2D eigenvalue weighted by molar-refractivity contribution is -0.132. The minimum Gasteiger partial charge on any atom is -0.361 e. The lowest BCUT2D eigenvalue weighted by atomic mass is 9.93. The first-order chi connectivity index (χ1) is 12.1. The highest BCUT2D eigenvalue weighted by Crippen LogP contribution is 2.34. The summed E-state index contributed by atoms with van der Waals surface area (Å²) in [5, 5.41) is 5.87. The van der Waals surface area contributed by atoms with E-state index in [9.17, 15) is 4.79 Å². The summed E-state index contributed by atoms with van der Waals surface area (Å²) in [7, 11) is 0. The highest BCUT2D eigenvalue weighted by atomic mass is 32.1. The van der Waals surface area contributed by atoms with Gasteiger partial charge in [-0.1, -0.05) is 5.16 Å². The molecule has 4 rings (SSSR count). The summed E-state index contributed by atoms with van der Waals surface area (Å²) in [6.45, 7) is 5.81. The van der Waals surface area contributed by atoms with Crippen molar-refractivity contribution in [3.05, 3.63) is 40.6 Å². The fraction of sp³-hybridized carbons (Fsp3) is 0.500. The summed E-state index contributed by atoms with van der Waals surface area (Å²) in [6.07, 6.45) is 4.69. The molecule has 0 spiro atoms. The molecule has 3 aromatic heterocycles. The van der Waals surface area contributed by atoms with Gasteiger partial charge in [0.05, 0.1) is 11.9 Å². The maximum Gasteiger partial charge on any atom is 0.223 e. The minimum absolute atomic E-state index is 0.202. The van der Waals surface area contributed by atoms with Gasteiger partial charge in [-0.15, -0.1) is 11.3 Å². The number of hydrogen-bond donors (Lipinski definition) is 0. The molecular weight excluding hydrogens is 336 g/mol. The highest BCUT2D eigenvalue weighted by molar-refractivity contribution is 7.15.